The molecule has 0 radical (unpaired) electrons. The molecule has 16 heteroatoms. The molecule has 10 rings (SSSR count). The molecule has 2 aromatic heterocycles. The van der Waals surface area contributed by atoms with E-state index in [1.165, 1.54) is 6.33 Å². The number of amides is 4. The van der Waals surface area contributed by atoms with Gasteiger partial charge < -0.3 is 29.7 Å². The van der Waals surface area contributed by atoms with Crippen LogP contribution in [0.5, 0.6) is 11.5 Å². The molecule has 4 aliphatic heterocycles. The Kier molecular flexibility index (Phi) is 11.1. The minimum absolute atomic E-state index is 0.0709. The van der Waals surface area contributed by atoms with Crippen LogP contribution in [0.2, 0.25) is 5.02 Å². The summed E-state index contributed by atoms with van der Waals surface area (Å²) in [6.07, 6.45) is 7.85. The van der Waals surface area contributed by atoms with E-state index in [9.17, 15) is 24.0 Å². The quantitative estimate of drug-likeness (QED) is 0.108. The van der Waals surface area contributed by atoms with E-state index in [1.807, 2.05) is 47.4 Å². The van der Waals surface area contributed by atoms with Gasteiger partial charge in [0.15, 0.2) is 5.78 Å². The number of imide groups is 1. The number of aromatic nitrogens is 3. The van der Waals surface area contributed by atoms with Gasteiger partial charge in [0.05, 0.1) is 16.0 Å². The number of para-hydroxylation sites is 1. The molecule has 1 atom stereocenters. The highest BCUT2D eigenvalue weighted by Crippen LogP contribution is 2.37. The number of piperazine rings is 1. The van der Waals surface area contributed by atoms with Crippen LogP contribution in [0.4, 0.5) is 11.5 Å². The zero-order valence-electron chi connectivity index (χ0n) is 34.7. The minimum atomic E-state index is -0.618. The van der Waals surface area contributed by atoms with Gasteiger partial charge in [-0.15, -0.1) is 0 Å². The number of rotatable bonds is 11. The Balaban J connectivity index is 0.677. The maximum Gasteiger partial charge on any atom is 0.255 e. The number of ketones is 1. The molecule has 4 amide bonds. The highest BCUT2D eigenvalue weighted by Gasteiger charge is 2.40. The van der Waals surface area contributed by atoms with Crippen molar-refractivity contribution in [2.45, 2.75) is 69.6 Å². The molecule has 324 valence electrons. The van der Waals surface area contributed by atoms with Crippen LogP contribution in [0, 0.1) is 5.92 Å². The topological polar surface area (TPSA) is 173 Å². The van der Waals surface area contributed by atoms with Crippen molar-refractivity contribution in [1.29, 1.82) is 0 Å². The molecule has 15 nitrogen and oxygen atoms in total. The summed E-state index contributed by atoms with van der Waals surface area (Å²) in [7, 11) is 0. The number of nitrogens with one attached hydrogen (secondary N) is 3. The number of halogens is 1. The largest absolute Gasteiger partial charge is 0.457 e. The number of hydrogen-bond donors (Lipinski definition) is 3. The standard InChI is InChI=1S/C47H48ClN9O6/c48-38-24-34(63-33-4-2-1-3-5-33)7-9-36(38)43(60)37-25-49-44-42(37)45(51-27-50-44)52-30-12-14-56(15-13-30)41(59)22-28-20-32(21-28)55-18-16-54(17-19-55)31-6-8-35-29(23-31)26-57(47(35)62)39-10-11-40(58)53-46(39)61/h1-9,23-25,27-28,30,32,39H,10-22,26H2,(H,53,58,61)(H2,49,50,51,52). The summed E-state index contributed by atoms with van der Waals surface area (Å²) in [4.78, 5) is 85.1. The molecule has 63 heavy (non-hydrogen) atoms. The van der Waals surface area contributed by atoms with E-state index in [1.54, 1.807) is 29.3 Å². The van der Waals surface area contributed by atoms with Crippen LogP contribution in [0.15, 0.2) is 79.3 Å². The Bertz CT molecular complexity index is 2600. The predicted molar refractivity (Wildman–Crippen MR) is 236 cm³/mol. The van der Waals surface area contributed by atoms with Crippen molar-refractivity contribution < 1.29 is 28.7 Å². The molecule has 5 aliphatic rings. The van der Waals surface area contributed by atoms with E-state index in [-0.39, 0.29) is 41.0 Å². The molecule has 5 aromatic rings. The van der Waals surface area contributed by atoms with E-state index >= 15 is 0 Å². The molecule has 6 heterocycles. The minimum Gasteiger partial charge on any atom is -0.457 e. The van der Waals surface area contributed by atoms with Crippen molar-refractivity contribution in [3.63, 3.8) is 0 Å². The summed E-state index contributed by atoms with van der Waals surface area (Å²) in [5.41, 5.74) is 3.93. The number of H-pyrrole nitrogens is 1. The maximum absolute atomic E-state index is 13.9. The summed E-state index contributed by atoms with van der Waals surface area (Å²) in [6, 6.07) is 20.3. The zero-order valence-corrected chi connectivity index (χ0v) is 35.5. The number of hydrogen-bond acceptors (Lipinski definition) is 11. The van der Waals surface area contributed by atoms with E-state index in [0.29, 0.717) is 89.5 Å². The third-order valence-electron chi connectivity index (χ3n) is 13.4. The molecule has 1 saturated carbocycles. The van der Waals surface area contributed by atoms with Crippen LogP contribution < -0.4 is 20.3 Å². The Labute approximate surface area is 369 Å². The first-order chi connectivity index (χ1) is 30.6. The Morgan fingerprint density at radius 3 is 2.41 bits per heavy atom. The van der Waals surface area contributed by atoms with Crippen molar-refractivity contribution in [3.05, 3.63) is 107 Å². The Morgan fingerprint density at radius 1 is 0.857 bits per heavy atom. The van der Waals surface area contributed by atoms with Gasteiger partial charge in [-0.2, -0.15) is 0 Å². The fraction of sp³-hybridized carbons (Fsp3) is 0.383. The van der Waals surface area contributed by atoms with E-state index in [0.717, 1.165) is 63.1 Å². The smallest absolute Gasteiger partial charge is 0.255 e. The fourth-order valence-electron chi connectivity index (χ4n) is 9.88. The molecule has 0 spiro atoms. The number of anilines is 2. The third kappa shape index (κ3) is 8.22. The molecule has 3 N–H and O–H groups in total. The highest BCUT2D eigenvalue weighted by atomic mass is 35.5. The first-order valence-corrected chi connectivity index (χ1v) is 22.2. The van der Waals surface area contributed by atoms with Crippen molar-refractivity contribution in [2.75, 3.05) is 49.5 Å². The van der Waals surface area contributed by atoms with E-state index in [4.69, 9.17) is 16.3 Å². The van der Waals surface area contributed by atoms with Crippen LogP contribution in [0.1, 0.15) is 76.8 Å². The first kappa shape index (κ1) is 40.7. The average molecular weight is 870 g/mol. The summed E-state index contributed by atoms with van der Waals surface area (Å²) in [5, 5.41) is 6.80. The number of piperidine rings is 2. The van der Waals surface area contributed by atoms with Crippen molar-refractivity contribution >= 4 is 63.6 Å². The zero-order chi connectivity index (χ0) is 43.2. The van der Waals surface area contributed by atoms with Crippen LogP contribution in [-0.2, 0) is 20.9 Å². The second kappa shape index (κ2) is 17.1. The lowest BCUT2D eigenvalue weighted by Gasteiger charge is -2.47. The number of carbonyl (C=O) groups is 5. The first-order valence-electron chi connectivity index (χ1n) is 21.9. The second-order valence-electron chi connectivity index (χ2n) is 17.3. The van der Waals surface area contributed by atoms with Crippen molar-refractivity contribution in [1.82, 2.24) is 35.0 Å². The molecule has 1 aliphatic carbocycles. The van der Waals surface area contributed by atoms with Gasteiger partial charge in [0.1, 0.15) is 35.3 Å². The van der Waals surface area contributed by atoms with Crippen molar-refractivity contribution in [2.24, 2.45) is 5.92 Å². The lowest BCUT2D eigenvalue weighted by Crippen LogP contribution is -2.54. The lowest BCUT2D eigenvalue weighted by molar-refractivity contribution is -0.137. The summed E-state index contributed by atoms with van der Waals surface area (Å²) < 4.78 is 5.90. The van der Waals surface area contributed by atoms with Crippen LogP contribution in [0.25, 0.3) is 11.0 Å². The Hall–Kier alpha value is -6.32. The van der Waals surface area contributed by atoms with Gasteiger partial charge in [0.25, 0.3) is 5.91 Å². The Morgan fingerprint density at radius 2 is 1.65 bits per heavy atom. The summed E-state index contributed by atoms with van der Waals surface area (Å²) in [5.74, 6) is 1.27. The second-order valence-corrected chi connectivity index (χ2v) is 17.7. The van der Waals surface area contributed by atoms with Crippen LogP contribution in [0.3, 0.4) is 0 Å². The fourth-order valence-corrected chi connectivity index (χ4v) is 10.1. The van der Waals surface area contributed by atoms with Gasteiger partial charge in [-0.3, -0.25) is 34.2 Å². The normalized spacial score (nSPS) is 21.9. The van der Waals surface area contributed by atoms with Gasteiger partial charge in [-0.1, -0.05) is 29.8 Å². The predicted octanol–water partition coefficient (Wildman–Crippen LogP) is 5.79. The SMILES string of the molecule is O=C1CCC(N2Cc3cc(N4CCN(C5CC(CC(=O)N6CCC(Nc7ncnc8[nH]cc(C(=O)c9ccc(Oc%10ccccc%10)cc9Cl)c78)CC6)C5)CC4)ccc3C2=O)C(=O)N1. The number of aromatic amines is 1. The number of benzene rings is 3. The number of carbonyl (C=O) groups excluding carboxylic acids is 5. The number of ether oxygens (including phenoxy) is 1. The molecule has 3 aromatic carbocycles. The average Bonchev–Trinajstić information content (AvgIpc) is 3.86. The monoisotopic (exact) mass is 869 g/mol. The van der Waals surface area contributed by atoms with Gasteiger partial charge in [0, 0.05) is 99.8 Å². The molecule has 0 bridgehead atoms. The maximum atomic E-state index is 13.9. The number of likely N-dealkylation sites (tertiary alicyclic amines) is 1. The van der Waals surface area contributed by atoms with Crippen LogP contribution >= 0.6 is 11.6 Å². The lowest BCUT2D eigenvalue weighted by atomic mass is 9.76. The summed E-state index contributed by atoms with van der Waals surface area (Å²) >= 11 is 6.63. The van der Waals surface area contributed by atoms with Gasteiger partial charge >= 0.3 is 0 Å². The molecule has 1 unspecified atom stereocenters. The molecule has 3 saturated heterocycles. The van der Waals surface area contributed by atoms with Gasteiger partial charge in [0.2, 0.25) is 17.7 Å². The molecular formula is C47H48ClN9O6. The van der Waals surface area contributed by atoms with E-state index < -0.39 is 11.9 Å². The van der Waals surface area contributed by atoms with Gasteiger partial charge in [-0.05, 0) is 86.1 Å². The molecule has 4 fully saturated rings. The van der Waals surface area contributed by atoms with Gasteiger partial charge in [-0.25, -0.2) is 9.97 Å². The molecular weight excluding hydrogens is 822 g/mol. The third-order valence-corrected chi connectivity index (χ3v) is 13.8. The van der Waals surface area contributed by atoms with Crippen LogP contribution in [-0.4, -0.2) is 116 Å². The summed E-state index contributed by atoms with van der Waals surface area (Å²) in [6.45, 7) is 5.31. The van der Waals surface area contributed by atoms with E-state index in [2.05, 4.69) is 41.5 Å². The van der Waals surface area contributed by atoms with Crippen molar-refractivity contribution in [3.8, 4) is 11.5 Å². The highest BCUT2D eigenvalue weighted by molar-refractivity contribution is 6.35. The number of nitrogens with zero attached hydrogens (tertiary/aromatic N) is 6. The number of fused-ring (bicyclic) bond motifs is 2.